The molecule has 0 spiro atoms. The molecule has 0 radical (unpaired) electrons. The van der Waals surface area contributed by atoms with E-state index in [0.717, 1.165) is 0 Å². The molecule has 0 bridgehead atoms. The molecule has 3 N–H and O–H groups in total. The van der Waals surface area contributed by atoms with Gasteiger partial charge in [0.15, 0.2) is 6.67 Å². The van der Waals surface area contributed by atoms with E-state index in [-0.39, 0.29) is 41.4 Å². The Balaban J connectivity index is -0.000000245. The summed E-state index contributed by atoms with van der Waals surface area (Å²) in [5, 5.41) is 13.1. The van der Waals surface area contributed by atoms with Gasteiger partial charge < -0.3 is 6.90 Å². The number of nitrogens with zero attached hydrogens (tertiary/aromatic N) is 4. The maximum Gasteiger partial charge on any atom is 1.00 e. The van der Waals surface area contributed by atoms with Crippen LogP contribution >= 0.6 is 0 Å². The fourth-order valence-corrected chi connectivity index (χ4v) is 1.23. The normalized spacial score (nSPS) is 11.8. The smallest absolute Gasteiger partial charge is 1.00 e. The van der Waals surface area contributed by atoms with Crippen LogP contribution in [0.25, 0.3) is 0 Å². The summed E-state index contributed by atoms with van der Waals surface area (Å²) in [6, 6.07) is 7.42. The molecule has 1 aromatic carbocycles. The van der Waals surface area contributed by atoms with Gasteiger partial charge in [-0.2, -0.15) is 8.42 Å². The van der Waals surface area contributed by atoms with E-state index < -0.39 is 10.1 Å². The van der Waals surface area contributed by atoms with Crippen LogP contribution in [0.15, 0.2) is 55.9 Å². The molecule has 0 atom stereocenters. The first-order valence-corrected chi connectivity index (χ1v) is 5.30. The predicted molar refractivity (Wildman–Crippen MR) is 55.6 cm³/mol. The van der Waals surface area contributed by atoms with Crippen LogP contribution in [0, 0.1) is 0 Å². The molecule has 1 heterocycles. The molecule has 17 heavy (non-hydrogen) atoms. The van der Waals surface area contributed by atoms with E-state index in [1.165, 1.54) is 12.1 Å². The second-order valence-corrected chi connectivity index (χ2v) is 3.81. The van der Waals surface area contributed by atoms with Crippen molar-refractivity contribution in [1.82, 2.24) is 0 Å². The fourth-order valence-electron chi connectivity index (χ4n) is 0.734. The van der Waals surface area contributed by atoms with Crippen molar-refractivity contribution >= 4 is 10.1 Å². The van der Waals surface area contributed by atoms with Gasteiger partial charge in [-0.25, -0.2) is 0 Å². The molecule has 90 valence electrons. The second-order valence-electron chi connectivity index (χ2n) is 2.39. The molecule has 0 unspecified atom stereocenters. The summed E-state index contributed by atoms with van der Waals surface area (Å²) in [5.41, 5.74) is 0. The van der Waals surface area contributed by atoms with E-state index in [1.807, 2.05) is 0 Å². The van der Waals surface area contributed by atoms with E-state index >= 15 is 0 Å². The summed E-state index contributed by atoms with van der Waals surface area (Å²) in [6.45, 7) is 0.417. The summed E-state index contributed by atoms with van der Waals surface area (Å²) >= 11 is 0. The third-order valence-corrected chi connectivity index (χ3v) is 2.20. The van der Waals surface area contributed by atoms with Crippen molar-refractivity contribution in [3.8, 4) is 0 Å². The first-order valence-electron chi connectivity index (χ1n) is 3.86. The first-order chi connectivity index (χ1) is 7.11. The van der Waals surface area contributed by atoms with Gasteiger partial charge in [0, 0.05) is 0 Å². The van der Waals surface area contributed by atoms with Crippen LogP contribution in [0.3, 0.4) is 0 Å². The molecule has 0 aromatic heterocycles. The van der Waals surface area contributed by atoms with Crippen LogP contribution < -0.4 is 29.6 Å². The predicted octanol–water partition coefficient (Wildman–Crippen LogP) is -2.00. The number of benzene rings is 1. The van der Waals surface area contributed by atoms with Crippen LogP contribution in [-0.2, 0) is 10.1 Å². The molecule has 0 amide bonds. The van der Waals surface area contributed by atoms with Crippen molar-refractivity contribution in [2.45, 2.75) is 4.90 Å². The Kier molecular flexibility index (Phi) is 10.2. The molecule has 1 aromatic rings. The van der Waals surface area contributed by atoms with Gasteiger partial charge in [-0.1, -0.05) is 18.2 Å². The standard InChI is InChI=1S/C6H6O3S.CH2N4.Na.H2O.H/c7-10(8,9)6-4-2-1-3-5-6;1-2-4-5-3-1;;;/h1-5H,(H,7,8,9);1H2;;1H2;/q;;+1;;-1. The largest absolute Gasteiger partial charge is 1.00 e. The maximum atomic E-state index is 10.4. The van der Waals surface area contributed by atoms with Crippen molar-refractivity contribution in [1.29, 1.82) is 0 Å². The zero-order chi connectivity index (χ0) is 11.1. The molecule has 0 saturated heterocycles. The fraction of sp³-hybridized carbons (Fsp3) is 0.143. The minimum atomic E-state index is -4.00. The first kappa shape index (κ1) is 18.6. The third-order valence-electron chi connectivity index (χ3n) is 1.33. The quantitative estimate of drug-likeness (QED) is 0.467. The Bertz CT molecular complexity index is 458. The average Bonchev–Trinajstić information content (AvgIpc) is 2.76. The topological polar surface area (TPSA) is 135 Å². The molecule has 0 saturated carbocycles. The maximum absolute atomic E-state index is 10.4. The van der Waals surface area contributed by atoms with Crippen LogP contribution in [0.1, 0.15) is 1.43 Å². The molecule has 2 rings (SSSR count). The molecule has 0 fully saturated rings. The molecular weight excluding hydrogens is 259 g/mol. The second kappa shape index (κ2) is 9.33. The van der Waals surface area contributed by atoms with Crippen molar-refractivity contribution in [2.75, 3.05) is 6.67 Å². The summed E-state index contributed by atoms with van der Waals surface area (Å²) in [6.07, 6.45) is 0. The van der Waals surface area contributed by atoms with Crippen LogP contribution in [-0.4, -0.2) is 25.1 Å². The van der Waals surface area contributed by atoms with Gasteiger partial charge in [0.05, 0.1) is 4.90 Å². The molecule has 1 aliphatic rings. The van der Waals surface area contributed by atoms with Gasteiger partial charge in [-0.05, 0) is 22.6 Å². The minimum Gasteiger partial charge on any atom is -1.00 e. The number of hydrogen-bond donors (Lipinski definition) is 1. The summed E-state index contributed by atoms with van der Waals surface area (Å²) in [5.74, 6) is 0. The summed E-state index contributed by atoms with van der Waals surface area (Å²) in [7, 11) is -4.00. The van der Waals surface area contributed by atoms with Gasteiger partial charge in [-0.15, -0.1) is 10.2 Å². The van der Waals surface area contributed by atoms with Gasteiger partial charge >= 0.3 is 29.6 Å². The van der Waals surface area contributed by atoms with E-state index in [2.05, 4.69) is 20.7 Å². The zero-order valence-electron chi connectivity index (χ0n) is 10.1. The van der Waals surface area contributed by atoms with Gasteiger partial charge in [-0.3, -0.25) is 4.55 Å². The molecule has 0 aliphatic carbocycles. The monoisotopic (exact) mass is 270 g/mol. The van der Waals surface area contributed by atoms with Crippen molar-refractivity contribution in [3.05, 3.63) is 30.3 Å². The Morgan fingerprint density at radius 2 is 1.59 bits per heavy atom. The molecule has 10 heteroatoms. The van der Waals surface area contributed by atoms with E-state index in [4.69, 9.17) is 4.55 Å². The van der Waals surface area contributed by atoms with Crippen molar-refractivity contribution in [3.63, 3.8) is 0 Å². The SMILES string of the molecule is C1N=NN=N1.O.O=S(=O)(O)c1ccccc1.[H-].[Na+]. The van der Waals surface area contributed by atoms with Crippen LogP contribution in [0.4, 0.5) is 0 Å². The van der Waals surface area contributed by atoms with Crippen LogP contribution in [0.5, 0.6) is 0 Å². The Morgan fingerprint density at radius 3 is 1.82 bits per heavy atom. The number of rotatable bonds is 1. The summed E-state index contributed by atoms with van der Waals surface area (Å²) in [4.78, 5) is -0.0741. The minimum absolute atomic E-state index is 0. The Morgan fingerprint density at radius 1 is 1.12 bits per heavy atom. The van der Waals surface area contributed by atoms with Crippen LogP contribution in [0.2, 0.25) is 0 Å². The summed E-state index contributed by atoms with van der Waals surface area (Å²) < 4.78 is 29.2. The van der Waals surface area contributed by atoms with E-state index in [9.17, 15) is 8.42 Å². The Hall–Kier alpha value is -0.710. The molecular formula is C7H11N4NaO4S. The average molecular weight is 270 g/mol. The Labute approximate surface area is 122 Å². The zero-order valence-corrected chi connectivity index (χ0v) is 11.9. The third kappa shape index (κ3) is 8.07. The van der Waals surface area contributed by atoms with Crippen molar-refractivity contribution < 1.29 is 49.4 Å². The number of hydrogen-bond acceptors (Lipinski definition) is 6. The van der Waals surface area contributed by atoms with Gasteiger partial charge in [0.1, 0.15) is 0 Å². The van der Waals surface area contributed by atoms with E-state index in [0.29, 0.717) is 6.67 Å². The molecule has 1 aliphatic heterocycles. The van der Waals surface area contributed by atoms with E-state index in [1.54, 1.807) is 18.2 Å². The van der Waals surface area contributed by atoms with Crippen molar-refractivity contribution in [2.24, 2.45) is 20.7 Å². The molecule has 8 nitrogen and oxygen atoms in total. The van der Waals surface area contributed by atoms with Gasteiger partial charge in [0.25, 0.3) is 10.1 Å². The van der Waals surface area contributed by atoms with Gasteiger partial charge in [0.2, 0.25) is 0 Å².